The molecule has 0 saturated heterocycles. The molecule has 0 spiro atoms. The fraction of sp³-hybridized carbons (Fsp3) is 0.154. The highest BCUT2D eigenvalue weighted by Gasteiger charge is 2.14. The maximum atomic E-state index is 4.96. The molecule has 3 nitrogen and oxygen atoms in total. The van der Waals surface area contributed by atoms with E-state index in [2.05, 4.69) is 41.5 Å². The summed E-state index contributed by atoms with van der Waals surface area (Å²) in [5, 5.41) is 1.12. The molecule has 0 atom stereocenters. The van der Waals surface area contributed by atoms with Gasteiger partial charge in [-0.1, -0.05) is 55.5 Å². The van der Waals surface area contributed by atoms with E-state index in [9.17, 15) is 0 Å². The molecule has 29 heavy (non-hydrogen) atoms. The number of hydrogen-bond donors (Lipinski definition) is 0. The summed E-state index contributed by atoms with van der Waals surface area (Å²) in [4.78, 5) is 9.92. The summed E-state index contributed by atoms with van der Waals surface area (Å²) in [6, 6.07) is 24.6. The summed E-state index contributed by atoms with van der Waals surface area (Å²) in [5.74, 6) is 6.55. The number of benzene rings is 3. The molecule has 0 fully saturated rings. The van der Waals surface area contributed by atoms with Gasteiger partial charge in [0.1, 0.15) is 5.52 Å². The van der Waals surface area contributed by atoms with E-state index in [-0.39, 0.29) is 0 Å². The maximum absolute atomic E-state index is 4.96. The van der Waals surface area contributed by atoms with Gasteiger partial charge in [-0.25, -0.2) is 9.97 Å². The van der Waals surface area contributed by atoms with E-state index >= 15 is 0 Å². The predicted molar refractivity (Wildman–Crippen MR) is 120 cm³/mol. The predicted octanol–water partition coefficient (Wildman–Crippen LogP) is 5.94. The average Bonchev–Trinajstić information content (AvgIpc) is 3.07. The van der Waals surface area contributed by atoms with Crippen LogP contribution in [0.4, 0.5) is 0 Å². The zero-order chi connectivity index (χ0) is 19.6. The summed E-state index contributed by atoms with van der Waals surface area (Å²) in [7, 11) is 0. The summed E-state index contributed by atoms with van der Waals surface area (Å²) in [6.07, 6.45) is 2.26. The van der Waals surface area contributed by atoms with Crippen molar-refractivity contribution in [3.8, 4) is 11.8 Å². The van der Waals surface area contributed by atoms with Gasteiger partial charge in [-0.15, -0.1) is 0 Å². The van der Waals surface area contributed by atoms with Crippen molar-refractivity contribution in [1.29, 1.82) is 0 Å². The number of aryl methyl sites for hydroxylation is 1. The number of aromatic nitrogens is 3. The normalized spacial score (nSPS) is 11.1. The molecular weight excluding hydrogens is 354 g/mol. The van der Waals surface area contributed by atoms with Crippen LogP contribution in [-0.2, 0) is 6.54 Å². The second-order valence-electron chi connectivity index (χ2n) is 7.24. The Bertz CT molecular complexity index is 1390. The summed E-state index contributed by atoms with van der Waals surface area (Å²) in [5.41, 5.74) is 6.96. The highest BCUT2D eigenvalue weighted by molar-refractivity contribution is 6.06. The molecule has 140 valence electrons. The van der Waals surface area contributed by atoms with E-state index in [1.165, 1.54) is 5.52 Å². The van der Waals surface area contributed by atoms with Crippen LogP contribution in [0, 0.1) is 11.8 Å². The molecule has 3 aromatic carbocycles. The van der Waals surface area contributed by atoms with Gasteiger partial charge in [0.2, 0.25) is 0 Å². The van der Waals surface area contributed by atoms with E-state index in [1.54, 1.807) is 0 Å². The number of para-hydroxylation sites is 2. The van der Waals surface area contributed by atoms with Crippen LogP contribution in [0.5, 0.6) is 0 Å². The van der Waals surface area contributed by atoms with Crippen molar-refractivity contribution in [1.82, 2.24) is 14.5 Å². The van der Waals surface area contributed by atoms with Crippen LogP contribution >= 0.6 is 0 Å². The third-order valence-corrected chi connectivity index (χ3v) is 5.21. The first-order chi connectivity index (χ1) is 14.3. The largest absolute Gasteiger partial charge is 0.324 e. The third kappa shape index (κ3) is 3.23. The molecule has 2 heterocycles. The lowest BCUT2D eigenvalue weighted by molar-refractivity contribution is 0.661. The number of unbranched alkanes of at least 4 members (excludes halogenated alkanes) is 1. The first-order valence-corrected chi connectivity index (χ1v) is 10.1. The molecule has 3 heteroatoms. The molecule has 0 aliphatic rings. The van der Waals surface area contributed by atoms with E-state index < -0.39 is 0 Å². The number of rotatable bonds is 3. The SMILES string of the molecule is CCCCn1c2ccc(C#Cc3ccccc3)cc2c2nc3ccccc3nc21. The van der Waals surface area contributed by atoms with E-state index in [1.807, 2.05) is 54.6 Å². The summed E-state index contributed by atoms with van der Waals surface area (Å²) >= 11 is 0. The lowest BCUT2D eigenvalue weighted by Gasteiger charge is -2.05. The first kappa shape index (κ1) is 17.5. The van der Waals surface area contributed by atoms with E-state index in [4.69, 9.17) is 9.97 Å². The van der Waals surface area contributed by atoms with Crippen LogP contribution in [0.15, 0.2) is 72.8 Å². The van der Waals surface area contributed by atoms with Crippen molar-refractivity contribution in [2.24, 2.45) is 0 Å². The van der Waals surface area contributed by atoms with Crippen molar-refractivity contribution in [2.75, 3.05) is 0 Å². The van der Waals surface area contributed by atoms with Crippen LogP contribution in [-0.4, -0.2) is 14.5 Å². The Balaban J connectivity index is 1.72. The Labute approximate surface area is 170 Å². The van der Waals surface area contributed by atoms with Crippen LogP contribution in [0.2, 0.25) is 0 Å². The summed E-state index contributed by atoms with van der Waals surface area (Å²) < 4.78 is 2.31. The first-order valence-electron chi connectivity index (χ1n) is 10.1. The fourth-order valence-corrected chi connectivity index (χ4v) is 3.72. The molecular formula is C26H21N3. The minimum Gasteiger partial charge on any atom is -0.324 e. The van der Waals surface area contributed by atoms with Crippen molar-refractivity contribution >= 4 is 33.1 Å². The van der Waals surface area contributed by atoms with E-state index in [0.717, 1.165) is 58.1 Å². The quantitative estimate of drug-likeness (QED) is 0.366. The molecule has 0 radical (unpaired) electrons. The topological polar surface area (TPSA) is 30.7 Å². The highest BCUT2D eigenvalue weighted by atomic mass is 15.1. The Morgan fingerprint density at radius 3 is 2.31 bits per heavy atom. The number of nitrogens with zero attached hydrogens (tertiary/aromatic N) is 3. The third-order valence-electron chi connectivity index (χ3n) is 5.21. The van der Waals surface area contributed by atoms with Gasteiger partial charge in [0.25, 0.3) is 0 Å². The van der Waals surface area contributed by atoms with Crippen molar-refractivity contribution < 1.29 is 0 Å². The fourth-order valence-electron chi connectivity index (χ4n) is 3.72. The molecule has 0 aliphatic heterocycles. The van der Waals surface area contributed by atoms with Crippen molar-refractivity contribution in [3.63, 3.8) is 0 Å². The lowest BCUT2D eigenvalue weighted by Crippen LogP contribution is -1.99. The molecule has 2 aromatic heterocycles. The molecule has 0 saturated carbocycles. The molecule has 0 N–H and O–H groups in total. The Morgan fingerprint density at radius 1 is 0.793 bits per heavy atom. The van der Waals surface area contributed by atoms with Gasteiger partial charge in [-0.2, -0.15) is 0 Å². The molecule has 5 rings (SSSR count). The van der Waals surface area contributed by atoms with Crippen LogP contribution in [0.3, 0.4) is 0 Å². The molecule has 0 bridgehead atoms. The second-order valence-corrected chi connectivity index (χ2v) is 7.24. The molecule has 0 aliphatic carbocycles. The van der Waals surface area contributed by atoms with Crippen molar-refractivity contribution in [3.05, 3.63) is 83.9 Å². The Morgan fingerprint density at radius 2 is 1.52 bits per heavy atom. The molecule has 0 unspecified atom stereocenters. The lowest BCUT2D eigenvalue weighted by atomic mass is 10.1. The summed E-state index contributed by atoms with van der Waals surface area (Å²) in [6.45, 7) is 3.16. The van der Waals surface area contributed by atoms with Gasteiger partial charge in [0, 0.05) is 23.1 Å². The number of hydrogen-bond acceptors (Lipinski definition) is 2. The van der Waals surface area contributed by atoms with Gasteiger partial charge < -0.3 is 4.57 Å². The van der Waals surface area contributed by atoms with Crippen LogP contribution < -0.4 is 0 Å². The van der Waals surface area contributed by atoms with Crippen LogP contribution in [0.1, 0.15) is 30.9 Å². The monoisotopic (exact) mass is 375 g/mol. The van der Waals surface area contributed by atoms with E-state index in [0.29, 0.717) is 0 Å². The smallest absolute Gasteiger partial charge is 0.160 e. The van der Waals surface area contributed by atoms with Crippen molar-refractivity contribution in [2.45, 2.75) is 26.3 Å². The minimum absolute atomic E-state index is 0.926. The van der Waals surface area contributed by atoms with Gasteiger partial charge in [0.15, 0.2) is 5.65 Å². The van der Waals surface area contributed by atoms with Gasteiger partial charge >= 0.3 is 0 Å². The maximum Gasteiger partial charge on any atom is 0.160 e. The molecule has 0 amide bonds. The zero-order valence-electron chi connectivity index (χ0n) is 16.4. The van der Waals surface area contributed by atoms with Gasteiger partial charge in [-0.05, 0) is 48.9 Å². The van der Waals surface area contributed by atoms with Gasteiger partial charge in [-0.3, -0.25) is 0 Å². The average molecular weight is 375 g/mol. The standard InChI is InChI=1S/C26H21N3/c1-2-3-17-29-24-16-15-20(14-13-19-9-5-4-6-10-19)18-21(24)25-26(29)28-23-12-8-7-11-22(23)27-25/h4-12,15-16,18H,2-3,17H2,1H3. The molecule has 5 aromatic rings. The number of fused-ring (bicyclic) bond motifs is 4. The Hall–Kier alpha value is -3.64. The second kappa shape index (κ2) is 7.41. The Kier molecular flexibility index (Phi) is 4.46. The zero-order valence-corrected chi connectivity index (χ0v) is 16.4. The minimum atomic E-state index is 0.926. The van der Waals surface area contributed by atoms with Crippen LogP contribution in [0.25, 0.3) is 33.1 Å². The van der Waals surface area contributed by atoms with Gasteiger partial charge in [0.05, 0.1) is 16.6 Å². The highest BCUT2D eigenvalue weighted by Crippen LogP contribution is 2.29.